The number of nitriles is 1. The third kappa shape index (κ3) is 3.95. The average molecular weight is 443 g/mol. The first-order chi connectivity index (χ1) is 15.9. The minimum Gasteiger partial charge on any atom is -0.462 e. The summed E-state index contributed by atoms with van der Waals surface area (Å²) in [7, 11) is 0. The van der Waals surface area contributed by atoms with Gasteiger partial charge < -0.3 is 4.74 Å². The Hall–Kier alpha value is -4.78. The smallest absolute Gasteiger partial charge is 0.342 e. The molecule has 0 aliphatic heterocycles. The van der Waals surface area contributed by atoms with Crippen molar-refractivity contribution in [3.63, 3.8) is 0 Å². The first kappa shape index (κ1) is 21.5. The van der Waals surface area contributed by atoms with Crippen LogP contribution in [-0.4, -0.2) is 32.1 Å². The number of carbonyl (C=O) groups is 1. The number of pyridine rings is 1. The van der Waals surface area contributed by atoms with Gasteiger partial charge in [-0.3, -0.25) is 20.0 Å². The number of non-ortho nitro benzene ring substituents is 1. The van der Waals surface area contributed by atoms with Crippen molar-refractivity contribution >= 4 is 17.3 Å². The molecule has 2 aromatic heterocycles. The van der Waals surface area contributed by atoms with Crippen LogP contribution >= 0.6 is 0 Å². The number of H-pyrrole nitrogens is 1. The number of aromatic nitrogens is 3. The van der Waals surface area contributed by atoms with E-state index in [9.17, 15) is 25.0 Å². The minimum absolute atomic E-state index is 0.0109. The summed E-state index contributed by atoms with van der Waals surface area (Å²) in [4.78, 5) is 41.0. The molecule has 10 heteroatoms. The van der Waals surface area contributed by atoms with Gasteiger partial charge in [0.1, 0.15) is 23.0 Å². The van der Waals surface area contributed by atoms with Crippen LogP contribution in [0.2, 0.25) is 0 Å². The number of benzene rings is 2. The summed E-state index contributed by atoms with van der Waals surface area (Å²) in [5.41, 5.74) is 0.00579. The van der Waals surface area contributed by atoms with E-state index in [1.54, 1.807) is 6.92 Å². The fourth-order valence-electron chi connectivity index (χ4n) is 3.56. The van der Waals surface area contributed by atoms with Crippen molar-refractivity contribution in [1.29, 1.82) is 5.26 Å². The van der Waals surface area contributed by atoms with E-state index >= 15 is 0 Å². The molecule has 2 heterocycles. The first-order valence-electron chi connectivity index (χ1n) is 9.98. The van der Waals surface area contributed by atoms with Gasteiger partial charge in [-0.15, -0.1) is 0 Å². The Morgan fingerprint density at radius 2 is 1.91 bits per heavy atom. The molecule has 0 saturated heterocycles. The molecule has 10 nitrogen and oxygen atoms in total. The molecule has 0 atom stereocenters. The summed E-state index contributed by atoms with van der Waals surface area (Å²) < 4.78 is 6.25. The van der Waals surface area contributed by atoms with E-state index in [2.05, 4.69) is 10.1 Å². The third-order valence-corrected chi connectivity index (χ3v) is 5.01. The first-order valence-corrected chi connectivity index (χ1v) is 9.98. The zero-order valence-corrected chi connectivity index (χ0v) is 17.4. The largest absolute Gasteiger partial charge is 0.462 e. The number of aromatic amines is 1. The van der Waals surface area contributed by atoms with Gasteiger partial charge in [-0.05, 0) is 30.2 Å². The fourth-order valence-corrected chi connectivity index (χ4v) is 3.56. The van der Waals surface area contributed by atoms with Gasteiger partial charge in [0.25, 0.3) is 11.2 Å². The van der Waals surface area contributed by atoms with Gasteiger partial charge in [0.05, 0.1) is 11.5 Å². The summed E-state index contributed by atoms with van der Waals surface area (Å²) in [5.74, 6) is -0.355. The van der Waals surface area contributed by atoms with Crippen LogP contribution in [0.3, 0.4) is 0 Å². The van der Waals surface area contributed by atoms with E-state index in [-0.39, 0.29) is 40.2 Å². The van der Waals surface area contributed by atoms with Crippen molar-refractivity contribution in [3.8, 4) is 17.2 Å². The second kappa shape index (κ2) is 8.76. The lowest BCUT2D eigenvalue weighted by Crippen LogP contribution is -2.23. The molecule has 4 aromatic rings. The van der Waals surface area contributed by atoms with Crippen LogP contribution in [0.5, 0.6) is 0 Å². The summed E-state index contributed by atoms with van der Waals surface area (Å²) in [6, 6.07) is 16.5. The maximum absolute atomic E-state index is 13.1. The number of esters is 1. The lowest BCUT2D eigenvalue weighted by molar-refractivity contribution is -0.384. The van der Waals surface area contributed by atoms with Gasteiger partial charge in [-0.2, -0.15) is 9.78 Å². The Bertz CT molecular complexity index is 1460. The lowest BCUT2D eigenvalue weighted by Gasteiger charge is -2.11. The molecule has 4 rings (SSSR count). The van der Waals surface area contributed by atoms with Crippen molar-refractivity contribution in [3.05, 3.63) is 97.6 Å². The van der Waals surface area contributed by atoms with Crippen LogP contribution in [0.1, 0.15) is 34.2 Å². The molecular weight excluding hydrogens is 426 g/mol. The van der Waals surface area contributed by atoms with Crippen molar-refractivity contribution < 1.29 is 14.5 Å². The molecule has 0 radical (unpaired) electrons. The Morgan fingerprint density at radius 3 is 2.52 bits per heavy atom. The van der Waals surface area contributed by atoms with Gasteiger partial charge in [-0.1, -0.05) is 30.3 Å². The van der Waals surface area contributed by atoms with Gasteiger partial charge in [0.2, 0.25) is 0 Å². The second-order valence-corrected chi connectivity index (χ2v) is 7.06. The van der Waals surface area contributed by atoms with E-state index in [4.69, 9.17) is 4.74 Å². The molecule has 2 aromatic carbocycles. The Labute approximate surface area is 186 Å². The van der Waals surface area contributed by atoms with Gasteiger partial charge in [-0.25, -0.2) is 9.78 Å². The van der Waals surface area contributed by atoms with E-state index in [0.717, 1.165) is 10.1 Å². The number of hydrogen-bond donors (Lipinski definition) is 1. The number of nitrogens with zero attached hydrogens (tertiary/aromatic N) is 4. The number of nitro groups is 1. The molecule has 0 spiro atoms. The van der Waals surface area contributed by atoms with Crippen LogP contribution in [0, 0.1) is 21.4 Å². The molecule has 0 aliphatic carbocycles. The second-order valence-electron chi connectivity index (χ2n) is 7.06. The third-order valence-electron chi connectivity index (χ3n) is 5.01. The lowest BCUT2D eigenvalue weighted by atomic mass is 9.96. The highest BCUT2D eigenvalue weighted by atomic mass is 16.6. The van der Waals surface area contributed by atoms with E-state index < -0.39 is 16.5 Å². The topological polar surface area (TPSA) is 143 Å². The molecule has 1 N–H and O–H groups in total. The molecule has 0 bridgehead atoms. The summed E-state index contributed by atoms with van der Waals surface area (Å²) >= 11 is 0. The Kier molecular flexibility index (Phi) is 5.69. The van der Waals surface area contributed by atoms with Crippen molar-refractivity contribution in [2.75, 3.05) is 6.61 Å². The van der Waals surface area contributed by atoms with Gasteiger partial charge in [0.15, 0.2) is 5.65 Å². The minimum atomic E-state index is -0.766. The monoisotopic (exact) mass is 443 g/mol. The molecule has 33 heavy (non-hydrogen) atoms. The predicted octanol–water partition coefficient (Wildman–Crippen LogP) is 3.24. The van der Waals surface area contributed by atoms with Crippen LogP contribution in [-0.2, 0) is 11.2 Å². The Balaban J connectivity index is 2.00. The number of nitrogens with one attached hydrogen (secondary N) is 1. The summed E-state index contributed by atoms with van der Waals surface area (Å²) in [5, 5.41) is 23.7. The highest BCUT2D eigenvalue weighted by Gasteiger charge is 2.27. The molecule has 164 valence electrons. The van der Waals surface area contributed by atoms with Crippen LogP contribution in [0.25, 0.3) is 16.8 Å². The van der Waals surface area contributed by atoms with Crippen LogP contribution in [0.15, 0.2) is 59.4 Å². The number of carbonyl (C=O) groups excluding carboxylic acids is 1. The summed E-state index contributed by atoms with van der Waals surface area (Å²) in [6.07, 6.45) is 0.360. The van der Waals surface area contributed by atoms with E-state index in [0.29, 0.717) is 12.2 Å². The maximum atomic E-state index is 13.1. The normalized spacial score (nSPS) is 10.7. The van der Waals surface area contributed by atoms with Crippen molar-refractivity contribution in [2.45, 2.75) is 13.3 Å². The highest BCUT2D eigenvalue weighted by Crippen LogP contribution is 2.30. The van der Waals surface area contributed by atoms with E-state index in [1.807, 2.05) is 36.4 Å². The van der Waals surface area contributed by atoms with Crippen LogP contribution < -0.4 is 5.56 Å². The fraction of sp³-hybridized carbons (Fsp3) is 0.130. The van der Waals surface area contributed by atoms with Crippen molar-refractivity contribution in [1.82, 2.24) is 14.6 Å². The molecular formula is C23H17N5O5. The number of nitro benzene ring substituents is 1. The standard InChI is InChI=1S/C23H17N5O5/c1-2-33-23(30)20-19(15-8-10-16(11-9-15)28(31)32)17(13-24)22(29)27-21(20)25-18(26-27)12-14-6-4-3-5-7-14/h3-11H,2,12H2,1H3,(H,25,26). The SMILES string of the molecule is CCOC(=O)c1c(-c2ccc([N+](=O)[O-])cc2)c(C#N)c(=O)n2[nH]c(Cc3ccccc3)nc12. The van der Waals surface area contributed by atoms with Gasteiger partial charge >= 0.3 is 5.97 Å². The molecule has 0 fully saturated rings. The van der Waals surface area contributed by atoms with Gasteiger partial charge in [0, 0.05) is 24.1 Å². The molecule has 0 unspecified atom stereocenters. The summed E-state index contributed by atoms with van der Waals surface area (Å²) in [6.45, 7) is 1.69. The molecule has 0 aliphatic rings. The quantitative estimate of drug-likeness (QED) is 0.274. The number of hydrogen-bond acceptors (Lipinski definition) is 7. The molecule has 0 saturated carbocycles. The number of fused-ring (bicyclic) bond motifs is 1. The zero-order valence-electron chi connectivity index (χ0n) is 17.4. The zero-order chi connectivity index (χ0) is 23.5. The predicted molar refractivity (Wildman–Crippen MR) is 118 cm³/mol. The highest BCUT2D eigenvalue weighted by molar-refractivity contribution is 6.04. The Morgan fingerprint density at radius 1 is 1.21 bits per heavy atom. The van der Waals surface area contributed by atoms with Crippen molar-refractivity contribution in [2.24, 2.45) is 0 Å². The average Bonchev–Trinajstić information content (AvgIpc) is 3.23. The van der Waals surface area contributed by atoms with E-state index in [1.165, 1.54) is 24.3 Å². The molecule has 0 amide bonds. The van der Waals surface area contributed by atoms with Crippen LogP contribution in [0.4, 0.5) is 5.69 Å². The number of rotatable bonds is 6. The number of ether oxygens (including phenoxy) is 1. The maximum Gasteiger partial charge on any atom is 0.342 e.